The van der Waals surface area contributed by atoms with Crippen molar-refractivity contribution in [2.75, 3.05) is 12.5 Å². The fourth-order valence-electron chi connectivity index (χ4n) is 2.83. The lowest BCUT2D eigenvalue weighted by atomic mass is 9.87. The molecule has 2 N–H and O–H groups in total. The first-order chi connectivity index (χ1) is 9.17. The second-order valence-corrected chi connectivity index (χ2v) is 5.46. The second kappa shape index (κ2) is 6.49. The molecule has 2 rings (SSSR count). The fourth-order valence-corrected chi connectivity index (χ4v) is 3.02. The van der Waals surface area contributed by atoms with E-state index < -0.39 is 0 Å². The third-order valence-corrected chi connectivity index (χ3v) is 3.98. The van der Waals surface area contributed by atoms with E-state index in [-0.39, 0.29) is 17.6 Å². The van der Waals surface area contributed by atoms with Crippen molar-refractivity contribution in [2.45, 2.75) is 44.6 Å². The summed E-state index contributed by atoms with van der Waals surface area (Å²) >= 11 is 5.83. The van der Waals surface area contributed by atoms with Gasteiger partial charge in [0.2, 0.25) is 0 Å². The van der Waals surface area contributed by atoms with Gasteiger partial charge in [0.25, 0.3) is 0 Å². The Bertz CT molecular complexity index is 395. The molecule has 2 atom stereocenters. The van der Waals surface area contributed by atoms with Gasteiger partial charge in [-0.2, -0.15) is 0 Å². The summed E-state index contributed by atoms with van der Waals surface area (Å²) in [7, 11) is 0. The summed E-state index contributed by atoms with van der Waals surface area (Å²) in [5, 5.41) is 19.5. The van der Waals surface area contributed by atoms with Gasteiger partial charge in [0.15, 0.2) is 11.5 Å². The topological polar surface area (TPSA) is 49.7 Å². The van der Waals surface area contributed by atoms with E-state index in [4.69, 9.17) is 16.3 Å². The third kappa shape index (κ3) is 3.15. The van der Waals surface area contributed by atoms with Crippen molar-refractivity contribution in [1.29, 1.82) is 0 Å². The molecule has 1 heterocycles. The number of halogens is 1. The molecular formula is C15H21ClO3. The van der Waals surface area contributed by atoms with Crippen molar-refractivity contribution in [3.8, 4) is 11.5 Å². The molecule has 1 aromatic carbocycles. The maximum atomic E-state index is 9.75. The summed E-state index contributed by atoms with van der Waals surface area (Å²) in [6.07, 6.45) is 3.74. The monoisotopic (exact) mass is 284 g/mol. The summed E-state index contributed by atoms with van der Waals surface area (Å²) in [4.78, 5) is 0. The van der Waals surface area contributed by atoms with Crippen molar-refractivity contribution < 1.29 is 14.9 Å². The number of aromatic hydroxyl groups is 2. The predicted molar refractivity (Wildman–Crippen MR) is 76.1 cm³/mol. The van der Waals surface area contributed by atoms with Gasteiger partial charge >= 0.3 is 0 Å². The zero-order chi connectivity index (χ0) is 13.8. The molecule has 3 nitrogen and oxygen atoms in total. The maximum absolute atomic E-state index is 9.75. The number of benzene rings is 1. The van der Waals surface area contributed by atoms with E-state index in [9.17, 15) is 10.2 Å². The van der Waals surface area contributed by atoms with Gasteiger partial charge in [-0.1, -0.05) is 13.3 Å². The van der Waals surface area contributed by atoms with E-state index in [2.05, 4.69) is 6.92 Å². The quantitative estimate of drug-likeness (QED) is 0.647. The molecule has 19 heavy (non-hydrogen) atoms. The van der Waals surface area contributed by atoms with Crippen LogP contribution in [-0.2, 0) is 4.74 Å². The molecule has 1 aliphatic heterocycles. The van der Waals surface area contributed by atoms with Crippen molar-refractivity contribution in [1.82, 2.24) is 0 Å². The van der Waals surface area contributed by atoms with Crippen LogP contribution in [0, 0.1) is 0 Å². The van der Waals surface area contributed by atoms with Crippen LogP contribution in [0.4, 0.5) is 0 Å². The average Bonchev–Trinajstić information content (AvgIpc) is 2.53. The first-order valence-electron chi connectivity index (χ1n) is 6.90. The molecule has 1 aliphatic rings. The summed E-state index contributed by atoms with van der Waals surface area (Å²) < 4.78 is 5.86. The van der Waals surface area contributed by atoms with Crippen molar-refractivity contribution in [3.63, 3.8) is 0 Å². The van der Waals surface area contributed by atoms with Gasteiger partial charge in [-0.3, -0.25) is 0 Å². The van der Waals surface area contributed by atoms with E-state index in [0.717, 1.165) is 36.8 Å². The lowest BCUT2D eigenvalue weighted by Crippen LogP contribution is -2.05. The highest BCUT2D eigenvalue weighted by atomic mass is 35.5. The van der Waals surface area contributed by atoms with E-state index in [1.165, 1.54) is 0 Å². The van der Waals surface area contributed by atoms with E-state index in [1.54, 1.807) is 12.1 Å². The number of alkyl halides is 1. The Morgan fingerprint density at radius 1 is 1.21 bits per heavy atom. The molecule has 0 amide bonds. The van der Waals surface area contributed by atoms with Gasteiger partial charge < -0.3 is 14.9 Å². The predicted octanol–water partition coefficient (Wildman–Crippen LogP) is 4.07. The Hall–Kier alpha value is -0.930. The summed E-state index contributed by atoms with van der Waals surface area (Å²) in [6.45, 7) is 2.85. The van der Waals surface area contributed by atoms with Crippen molar-refractivity contribution >= 4 is 11.6 Å². The normalized spacial score (nSPS) is 22.8. The lowest BCUT2D eigenvalue weighted by molar-refractivity contribution is 0.0524. The number of fused-ring (bicyclic) bond motifs is 1. The SMILES string of the molecule is CCCC1CCOC(CCCl)c2cc(O)c(O)cc21. The van der Waals surface area contributed by atoms with Gasteiger partial charge in [-0.25, -0.2) is 0 Å². The van der Waals surface area contributed by atoms with Crippen molar-refractivity contribution in [3.05, 3.63) is 23.3 Å². The number of rotatable bonds is 4. The molecule has 0 aliphatic carbocycles. The standard InChI is InChI=1S/C15H21ClO3/c1-2-3-10-5-7-19-15(4-6-16)12-9-14(18)13(17)8-11(10)12/h8-10,15,17-18H,2-7H2,1H3. The third-order valence-electron chi connectivity index (χ3n) is 3.76. The lowest BCUT2D eigenvalue weighted by Gasteiger charge is -2.20. The zero-order valence-electron chi connectivity index (χ0n) is 11.2. The molecule has 106 valence electrons. The van der Waals surface area contributed by atoms with Gasteiger partial charge in [-0.15, -0.1) is 11.6 Å². The Balaban J connectivity index is 2.44. The Morgan fingerprint density at radius 2 is 1.89 bits per heavy atom. The number of hydrogen-bond donors (Lipinski definition) is 2. The molecule has 0 radical (unpaired) electrons. The molecular weight excluding hydrogens is 264 g/mol. The second-order valence-electron chi connectivity index (χ2n) is 5.08. The Kier molecular flexibility index (Phi) is 4.94. The largest absolute Gasteiger partial charge is 0.504 e. The van der Waals surface area contributed by atoms with E-state index in [1.807, 2.05) is 0 Å². The number of phenolic OH excluding ortho intramolecular Hbond substituents is 2. The average molecular weight is 285 g/mol. The summed E-state index contributed by atoms with van der Waals surface area (Å²) in [5.74, 6) is 0.766. The molecule has 0 fully saturated rings. The van der Waals surface area contributed by atoms with Crippen LogP contribution >= 0.6 is 11.6 Å². The van der Waals surface area contributed by atoms with Crippen LogP contribution < -0.4 is 0 Å². The summed E-state index contributed by atoms with van der Waals surface area (Å²) in [6, 6.07) is 3.33. The number of phenols is 2. The van der Waals surface area contributed by atoms with E-state index in [0.29, 0.717) is 18.4 Å². The van der Waals surface area contributed by atoms with Crippen molar-refractivity contribution in [2.24, 2.45) is 0 Å². The first-order valence-corrected chi connectivity index (χ1v) is 7.44. The Labute approximate surface area is 119 Å². The maximum Gasteiger partial charge on any atom is 0.157 e. The molecule has 1 aromatic rings. The van der Waals surface area contributed by atoms with E-state index >= 15 is 0 Å². The van der Waals surface area contributed by atoms with Gasteiger partial charge in [0.1, 0.15) is 0 Å². The van der Waals surface area contributed by atoms with Crippen LogP contribution in [0.2, 0.25) is 0 Å². The molecule has 4 heteroatoms. The molecule has 2 unspecified atom stereocenters. The molecule has 0 saturated carbocycles. The zero-order valence-corrected chi connectivity index (χ0v) is 12.0. The smallest absolute Gasteiger partial charge is 0.157 e. The molecule has 0 saturated heterocycles. The minimum atomic E-state index is -0.0842. The Morgan fingerprint density at radius 3 is 2.53 bits per heavy atom. The van der Waals surface area contributed by atoms with Gasteiger partial charge in [0, 0.05) is 12.5 Å². The van der Waals surface area contributed by atoms with Crippen LogP contribution in [0.25, 0.3) is 0 Å². The van der Waals surface area contributed by atoms with Crippen LogP contribution in [0.3, 0.4) is 0 Å². The van der Waals surface area contributed by atoms with Crippen LogP contribution in [0.15, 0.2) is 12.1 Å². The molecule has 0 spiro atoms. The minimum Gasteiger partial charge on any atom is -0.504 e. The van der Waals surface area contributed by atoms with Crippen LogP contribution in [0.1, 0.15) is 55.8 Å². The highest BCUT2D eigenvalue weighted by Gasteiger charge is 2.26. The molecule has 0 aromatic heterocycles. The van der Waals surface area contributed by atoms with Crippen LogP contribution in [0.5, 0.6) is 11.5 Å². The highest BCUT2D eigenvalue weighted by molar-refractivity contribution is 6.17. The summed E-state index contributed by atoms with van der Waals surface area (Å²) in [5.41, 5.74) is 2.08. The number of ether oxygens (including phenoxy) is 1. The fraction of sp³-hybridized carbons (Fsp3) is 0.600. The highest BCUT2D eigenvalue weighted by Crippen LogP contribution is 2.42. The van der Waals surface area contributed by atoms with Crippen LogP contribution in [-0.4, -0.2) is 22.7 Å². The van der Waals surface area contributed by atoms with Gasteiger partial charge in [-0.05, 0) is 48.4 Å². The first kappa shape index (κ1) is 14.5. The van der Waals surface area contributed by atoms with Gasteiger partial charge in [0.05, 0.1) is 6.10 Å². The molecule has 0 bridgehead atoms. The number of hydrogen-bond acceptors (Lipinski definition) is 3. The minimum absolute atomic E-state index is 0.0497.